The Bertz CT molecular complexity index is 399. The third kappa shape index (κ3) is 5.21. The summed E-state index contributed by atoms with van der Waals surface area (Å²) >= 11 is 11.4. The SMILES string of the molecule is CCCCOCCOC(=O)c1cnc(Cl)c(Cl)c1. The maximum atomic E-state index is 11.6. The van der Waals surface area contributed by atoms with Crippen LogP contribution in [0.15, 0.2) is 12.3 Å². The van der Waals surface area contributed by atoms with Gasteiger partial charge in [-0.15, -0.1) is 0 Å². The van der Waals surface area contributed by atoms with Gasteiger partial charge >= 0.3 is 5.97 Å². The topological polar surface area (TPSA) is 48.4 Å². The van der Waals surface area contributed by atoms with Gasteiger partial charge in [-0.1, -0.05) is 36.5 Å². The molecule has 0 fully saturated rings. The molecule has 4 nitrogen and oxygen atoms in total. The highest BCUT2D eigenvalue weighted by atomic mass is 35.5. The number of halogens is 2. The van der Waals surface area contributed by atoms with Crippen LogP contribution in [0.2, 0.25) is 10.2 Å². The van der Waals surface area contributed by atoms with Crippen LogP contribution in [0, 0.1) is 0 Å². The molecule has 0 amide bonds. The van der Waals surface area contributed by atoms with Crippen LogP contribution in [0.4, 0.5) is 0 Å². The molecule has 0 aromatic carbocycles. The fourth-order valence-corrected chi connectivity index (χ4v) is 1.43. The Labute approximate surface area is 116 Å². The van der Waals surface area contributed by atoms with E-state index in [0.29, 0.717) is 13.2 Å². The first-order chi connectivity index (χ1) is 8.65. The van der Waals surface area contributed by atoms with E-state index in [9.17, 15) is 4.79 Å². The Balaban J connectivity index is 2.30. The summed E-state index contributed by atoms with van der Waals surface area (Å²) in [6.45, 7) is 3.37. The van der Waals surface area contributed by atoms with Crippen LogP contribution in [0.1, 0.15) is 30.1 Å². The zero-order valence-electron chi connectivity index (χ0n) is 10.1. The zero-order valence-corrected chi connectivity index (χ0v) is 11.6. The molecule has 0 N–H and O–H groups in total. The summed E-state index contributed by atoms with van der Waals surface area (Å²) in [6, 6.07) is 1.43. The van der Waals surface area contributed by atoms with Crippen LogP contribution < -0.4 is 0 Å². The van der Waals surface area contributed by atoms with Crippen molar-refractivity contribution in [3.8, 4) is 0 Å². The number of hydrogen-bond donors (Lipinski definition) is 0. The highest BCUT2D eigenvalue weighted by Crippen LogP contribution is 2.19. The summed E-state index contributed by atoms with van der Waals surface area (Å²) in [5.41, 5.74) is 0.276. The van der Waals surface area contributed by atoms with Crippen molar-refractivity contribution in [3.63, 3.8) is 0 Å². The number of aromatic nitrogens is 1. The van der Waals surface area contributed by atoms with Gasteiger partial charge in [0, 0.05) is 12.8 Å². The molecule has 0 aliphatic carbocycles. The van der Waals surface area contributed by atoms with Gasteiger partial charge in [0.25, 0.3) is 0 Å². The quantitative estimate of drug-likeness (QED) is 0.439. The van der Waals surface area contributed by atoms with Gasteiger partial charge in [0.1, 0.15) is 11.8 Å². The summed E-state index contributed by atoms with van der Waals surface area (Å²) in [7, 11) is 0. The van der Waals surface area contributed by atoms with E-state index in [1.165, 1.54) is 12.3 Å². The van der Waals surface area contributed by atoms with Gasteiger partial charge in [0.2, 0.25) is 0 Å². The summed E-state index contributed by atoms with van der Waals surface area (Å²) in [4.78, 5) is 15.3. The molecule has 1 rings (SSSR count). The van der Waals surface area contributed by atoms with Gasteiger partial charge in [-0.05, 0) is 12.5 Å². The fourth-order valence-electron chi connectivity index (χ4n) is 1.16. The Morgan fingerprint density at radius 3 is 2.78 bits per heavy atom. The molecule has 6 heteroatoms. The van der Waals surface area contributed by atoms with Crippen molar-refractivity contribution >= 4 is 29.2 Å². The summed E-state index contributed by atoms with van der Waals surface area (Å²) in [6.07, 6.45) is 3.41. The second-order valence-corrected chi connectivity index (χ2v) is 4.36. The number of pyridine rings is 1. The number of esters is 1. The van der Waals surface area contributed by atoms with E-state index in [1.807, 2.05) is 0 Å². The molecule has 1 aromatic rings. The average Bonchev–Trinajstić information content (AvgIpc) is 2.36. The zero-order chi connectivity index (χ0) is 13.4. The first kappa shape index (κ1) is 15.2. The van der Waals surface area contributed by atoms with Gasteiger partial charge in [-0.2, -0.15) is 0 Å². The highest BCUT2D eigenvalue weighted by Gasteiger charge is 2.10. The van der Waals surface area contributed by atoms with E-state index in [1.54, 1.807) is 0 Å². The van der Waals surface area contributed by atoms with Crippen molar-refractivity contribution in [1.29, 1.82) is 0 Å². The molecule has 0 radical (unpaired) electrons. The monoisotopic (exact) mass is 291 g/mol. The fraction of sp³-hybridized carbons (Fsp3) is 0.500. The molecular weight excluding hydrogens is 277 g/mol. The Morgan fingerprint density at radius 2 is 2.11 bits per heavy atom. The number of carbonyl (C=O) groups is 1. The summed E-state index contributed by atoms with van der Waals surface area (Å²) < 4.78 is 10.3. The molecule has 0 aliphatic rings. The van der Waals surface area contributed by atoms with Crippen molar-refractivity contribution in [2.75, 3.05) is 19.8 Å². The lowest BCUT2D eigenvalue weighted by atomic mass is 10.3. The van der Waals surface area contributed by atoms with Crippen LogP contribution in [0.5, 0.6) is 0 Å². The lowest BCUT2D eigenvalue weighted by molar-refractivity contribution is 0.0313. The molecule has 0 spiro atoms. The first-order valence-electron chi connectivity index (χ1n) is 5.71. The van der Waals surface area contributed by atoms with Gasteiger partial charge < -0.3 is 9.47 Å². The smallest absolute Gasteiger partial charge is 0.339 e. The Morgan fingerprint density at radius 1 is 1.33 bits per heavy atom. The highest BCUT2D eigenvalue weighted by molar-refractivity contribution is 6.41. The van der Waals surface area contributed by atoms with Crippen molar-refractivity contribution < 1.29 is 14.3 Å². The number of ether oxygens (including phenoxy) is 2. The molecule has 1 aromatic heterocycles. The van der Waals surface area contributed by atoms with E-state index in [4.69, 9.17) is 32.7 Å². The van der Waals surface area contributed by atoms with Gasteiger partial charge in [0.15, 0.2) is 0 Å². The lowest BCUT2D eigenvalue weighted by Gasteiger charge is -2.06. The third-order valence-corrected chi connectivity index (χ3v) is 2.82. The molecule has 0 atom stereocenters. The van der Waals surface area contributed by atoms with E-state index < -0.39 is 5.97 Å². The van der Waals surface area contributed by atoms with Gasteiger partial charge in [0.05, 0.1) is 17.2 Å². The van der Waals surface area contributed by atoms with E-state index >= 15 is 0 Å². The predicted octanol–water partition coefficient (Wildman–Crippen LogP) is 3.36. The van der Waals surface area contributed by atoms with Crippen LogP contribution >= 0.6 is 23.2 Å². The number of hydrogen-bond acceptors (Lipinski definition) is 4. The molecule has 18 heavy (non-hydrogen) atoms. The Kier molecular flexibility index (Phi) is 7.01. The number of carbonyl (C=O) groups excluding carboxylic acids is 1. The number of unbranched alkanes of at least 4 members (excludes halogenated alkanes) is 1. The van der Waals surface area contributed by atoms with E-state index in [-0.39, 0.29) is 22.3 Å². The second kappa shape index (κ2) is 8.29. The van der Waals surface area contributed by atoms with Crippen LogP contribution in [-0.2, 0) is 9.47 Å². The molecule has 0 saturated carbocycles. The van der Waals surface area contributed by atoms with E-state index in [0.717, 1.165) is 12.8 Å². The van der Waals surface area contributed by atoms with Crippen molar-refractivity contribution in [1.82, 2.24) is 4.98 Å². The van der Waals surface area contributed by atoms with Crippen molar-refractivity contribution in [2.24, 2.45) is 0 Å². The Hall–Kier alpha value is -0.840. The maximum Gasteiger partial charge on any atom is 0.339 e. The first-order valence-corrected chi connectivity index (χ1v) is 6.46. The summed E-state index contributed by atoms with van der Waals surface area (Å²) in [5.74, 6) is -0.486. The van der Waals surface area contributed by atoms with Gasteiger partial charge in [-0.25, -0.2) is 9.78 Å². The molecule has 0 bridgehead atoms. The molecule has 100 valence electrons. The molecule has 0 aliphatic heterocycles. The third-order valence-electron chi connectivity index (χ3n) is 2.14. The summed E-state index contributed by atoms with van der Waals surface area (Å²) in [5, 5.41) is 0.390. The second-order valence-electron chi connectivity index (χ2n) is 3.60. The van der Waals surface area contributed by atoms with Crippen molar-refractivity contribution in [3.05, 3.63) is 28.0 Å². The van der Waals surface area contributed by atoms with Gasteiger partial charge in [-0.3, -0.25) is 0 Å². The largest absolute Gasteiger partial charge is 0.460 e. The minimum Gasteiger partial charge on any atom is -0.460 e. The molecule has 0 saturated heterocycles. The minimum atomic E-state index is -0.486. The standard InChI is InChI=1S/C12H15Cl2NO3/c1-2-3-4-17-5-6-18-12(16)9-7-10(13)11(14)15-8-9/h7-8H,2-6H2,1H3. The van der Waals surface area contributed by atoms with E-state index in [2.05, 4.69) is 11.9 Å². The van der Waals surface area contributed by atoms with Crippen molar-refractivity contribution in [2.45, 2.75) is 19.8 Å². The van der Waals surface area contributed by atoms with Crippen LogP contribution in [0.3, 0.4) is 0 Å². The van der Waals surface area contributed by atoms with Crippen LogP contribution in [0.25, 0.3) is 0 Å². The predicted molar refractivity (Wildman–Crippen MR) is 70.3 cm³/mol. The molecular formula is C12H15Cl2NO3. The van der Waals surface area contributed by atoms with Crippen LogP contribution in [-0.4, -0.2) is 30.8 Å². The molecule has 1 heterocycles. The lowest BCUT2D eigenvalue weighted by Crippen LogP contribution is -2.11. The minimum absolute atomic E-state index is 0.163. The average molecular weight is 292 g/mol. The number of rotatable bonds is 7. The maximum absolute atomic E-state index is 11.6. The molecule has 0 unspecified atom stereocenters. The number of nitrogens with zero attached hydrogens (tertiary/aromatic N) is 1. The normalized spacial score (nSPS) is 10.4.